The van der Waals surface area contributed by atoms with Gasteiger partial charge in [0.15, 0.2) is 23.0 Å². The first-order chi connectivity index (χ1) is 15.5. The summed E-state index contributed by atoms with van der Waals surface area (Å²) < 4.78 is 43.8. The second-order valence-corrected chi connectivity index (χ2v) is 7.96. The molecule has 0 amide bonds. The molecule has 5 nitrogen and oxygen atoms in total. The first-order valence-corrected chi connectivity index (χ1v) is 10.4. The second kappa shape index (κ2) is 8.15. The van der Waals surface area contributed by atoms with Gasteiger partial charge in [-0.3, -0.25) is 0 Å². The predicted octanol–water partition coefficient (Wildman–Crippen LogP) is 5.96. The van der Waals surface area contributed by atoms with Crippen molar-refractivity contribution in [2.75, 3.05) is 19.1 Å². The summed E-state index contributed by atoms with van der Waals surface area (Å²) in [4.78, 5) is 2.17. The molecule has 1 aromatic heterocycles. The zero-order valence-corrected chi connectivity index (χ0v) is 17.8. The van der Waals surface area contributed by atoms with E-state index in [2.05, 4.69) is 10.1 Å². The Morgan fingerprint density at radius 2 is 1.78 bits per heavy atom. The number of rotatable bonds is 7. The largest absolute Gasteiger partial charge is 0.496 e. The molecule has 32 heavy (non-hydrogen) atoms. The molecule has 3 aromatic carbocycles. The summed E-state index contributed by atoms with van der Waals surface area (Å²) in [5.74, 6) is -0.0736. The molecular weight excluding hydrogens is 414 g/mol. The number of hydrogen-bond acceptors (Lipinski definition) is 5. The third-order valence-corrected chi connectivity index (χ3v) is 5.76. The molecule has 0 radical (unpaired) electrons. The fourth-order valence-corrected chi connectivity index (χ4v) is 3.77. The SMILES string of the molecule is COc1cc(F)c(F)cc1-c1ccc(OCc2ccc3onc(N(C)C4CC4)c3c2)cc1. The van der Waals surface area contributed by atoms with Gasteiger partial charge in [-0.1, -0.05) is 23.4 Å². The van der Waals surface area contributed by atoms with E-state index in [0.717, 1.165) is 34.5 Å². The molecule has 0 N–H and O–H groups in total. The Morgan fingerprint density at radius 1 is 1.03 bits per heavy atom. The van der Waals surface area contributed by atoms with Crippen molar-refractivity contribution in [2.45, 2.75) is 25.5 Å². The summed E-state index contributed by atoms with van der Waals surface area (Å²) >= 11 is 0. The van der Waals surface area contributed by atoms with Crippen LogP contribution in [0.3, 0.4) is 0 Å². The molecule has 0 spiro atoms. The zero-order valence-electron chi connectivity index (χ0n) is 17.8. The summed E-state index contributed by atoms with van der Waals surface area (Å²) in [5.41, 5.74) is 2.92. The van der Waals surface area contributed by atoms with Gasteiger partial charge in [0.05, 0.1) is 12.5 Å². The number of nitrogens with zero attached hydrogens (tertiary/aromatic N) is 2. The third kappa shape index (κ3) is 3.86. The van der Waals surface area contributed by atoms with Gasteiger partial charge in [-0.25, -0.2) is 8.78 Å². The summed E-state index contributed by atoms with van der Waals surface area (Å²) in [6.07, 6.45) is 2.36. The molecule has 0 unspecified atom stereocenters. The number of hydrogen-bond donors (Lipinski definition) is 0. The summed E-state index contributed by atoms with van der Waals surface area (Å²) in [6.45, 7) is 0.377. The predicted molar refractivity (Wildman–Crippen MR) is 118 cm³/mol. The second-order valence-electron chi connectivity index (χ2n) is 7.96. The first kappa shape index (κ1) is 20.3. The Balaban J connectivity index is 1.32. The quantitative estimate of drug-likeness (QED) is 0.358. The third-order valence-electron chi connectivity index (χ3n) is 5.76. The fourth-order valence-electron chi connectivity index (χ4n) is 3.77. The number of aromatic nitrogens is 1. The molecule has 7 heteroatoms. The molecule has 1 aliphatic rings. The molecule has 0 atom stereocenters. The minimum atomic E-state index is -0.943. The lowest BCUT2D eigenvalue weighted by molar-refractivity contribution is 0.306. The van der Waals surface area contributed by atoms with Crippen LogP contribution < -0.4 is 14.4 Å². The maximum absolute atomic E-state index is 13.7. The number of anilines is 1. The van der Waals surface area contributed by atoms with E-state index in [1.165, 1.54) is 20.0 Å². The Bertz CT molecular complexity index is 1270. The van der Waals surface area contributed by atoms with Crippen LogP contribution in [0.25, 0.3) is 22.1 Å². The average Bonchev–Trinajstić information content (AvgIpc) is 3.58. The van der Waals surface area contributed by atoms with Gasteiger partial charge in [0.25, 0.3) is 0 Å². The molecule has 0 aliphatic heterocycles. The minimum Gasteiger partial charge on any atom is -0.496 e. The highest BCUT2D eigenvalue weighted by molar-refractivity contribution is 5.89. The van der Waals surface area contributed by atoms with Crippen LogP contribution in [-0.2, 0) is 6.61 Å². The lowest BCUT2D eigenvalue weighted by Gasteiger charge is -2.14. The number of fused-ring (bicyclic) bond motifs is 1. The summed E-state index contributed by atoms with van der Waals surface area (Å²) in [6, 6.07) is 15.8. The van der Waals surface area contributed by atoms with E-state index < -0.39 is 11.6 Å². The van der Waals surface area contributed by atoms with Gasteiger partial charge in [0, 0.05) is 24.7 Å². The molecule has 164 valence electrons. The van der Waals surface area contributed by atoms with Crippen molar-refractivity contribution in [1.29, 1.82) is 0 Å². The van der Waals surface area contributed by atoms with E-state index in [4.69, 9.17) is 14.0 Å². The van der Waals surface area contributed by atoms with Crippen LogP contribution in [0.15, 0.2) is 59.1 Å². The standard InChI is InChI=1S/C25H22F2N2O3/c1-29(17-6-7-17)25-20-11-15(3-10-23(20)32-28-25)14-31-18-8-4-16(5-9-18)19-12-21(26)22(27)13-24(19)30-2/h3-5,8-13,17H,6-7,14H2,1-2H3. The normalized spacial score (nSPS) is 13.4. The van der Waals surface area contributed by atoms with E-state index in [-0.39, 0.29) is 5.75 Å². The van der Waals surface area contributed by atoms with Crippen molar-refractivity contribution in [3.8, 4) is 22.6 Å². The molecule has 1 saturated carbocycles. The van der Waals surface area contributed by atoms with Crippen LogP contribution in [0.5, 0.6) is 11.5 Å². The minimum absolute atomic E-state index is 0.270. The van der Waals surface area contributed by atoms with Crippen molar-refractivity contribution in [3.63, 3.8) is 0 Å². The van der Waals surface area contributed by atoms with Crippen molar-refractivity contribution in [2.24, 2.45) is 0 Å². The van der Waals surface area contributed by atoms with Crippen LogP contribution in [-0.4, -0.2) is 25.4 Å². The van der Waals surface area contributed by atoms with Crippen molar-refractivity contribution < 1.29 is 22.8 Å². The zero-order chi connectivity index (χ0) is 22.2. The van der Waals surface area contributed by atoms with Gasteiger partial charge in [-0.2, -0.15) is 0 Å². The summed E-state index contributed by atoms with van der Waals surface area (Å²) in [7, 11) is 3.47. The van der Waals surface area contributed by atoms with E-state index >= 15 is 0 Å². The Kier molecular flexibility index (Phi) is 5.17. The maximum Gasteiger partial charge on any atom is 0.179 e. The van der Waals surface area contributed by atoms with Gasteiger partial charge < -0.3 is 18.9 Å². The van der Waals surface area contributed by atoms with E-state index in [1.54, 1.807) is 24.3 Å². The number of halogens is 2. The van der Waals surface area contributed by atoms with Gasteiger partial charge in [-0.05, 0) is 54.3 Å². The lowest BCUT2D eigenvalue weighted by atomic mass is 10.0. The number of methoxy groups -OCH3 is 1. The van der Waals surface area contributed by atoms with Crippen LogP contribution >= 0.6 is 0 Å². The average molecular weight is 436 g/mol. The number of ether oxygens (including phenoxy) is 2. The van der Waals surface area contributed by atoms with E-state index in [9.17, 15) is 8.78 Å². The smallest absolute Gasteiger partial charge is 0.179 e. The first-order valence-electron chi connectivity index (χ1n) is 10.4. The Hall–Kier alpha value is -3.61. The highest BCUT2D eigenvalue weighted by Gasteiger charge is 2.29. The fraction of sp³-hybridized carbons (Fsp3) is 0.240. The molecule has 1 heterocycles. The molecule has 5 rings (SSSR count). The molecular formula is C25H22F2N2O3. The topological polar surface area (TPSA) is 47.7 Å². The Labute approximate surface area is 184 Å². The van der Waals surface area contributed by atoms with E-state index in [1.807, 2.05) is 25.2 Å². The van der Waals surface area contributed by atoms with E-state index in [0.29, 0.717) is 29.5 Å². The molecule has 1 aliphatic carbocycles. The van der Waals surface area contributed by atoms with Crippen LogP contribution in [0.1, 0.15) is 18.4 Å². The van der Waals surface area contributed by atoms with Crippen LogP contribution in [0.4, 0.5) is 14.6 Å². The van der Waals surface area contributed by atoms with Gasteiger partial charge in [0.2, 0.25) is 0 Å². The molecule has 0 bridgehead atoms. The van der Waals surface area contributed by atoms with Crippen molar-refractivity contribution in [1.82, 2.24) is 5.16 Å². The van der Waals surface area contributed by atoms with Crippen LogP contribution in [0.2, 0.25) is 0 Å². The van der Waals surface area contributed by atoms with Gasteiger partial charge in [0.1, 0.15) is 18.1 Å². The summed E-state index contributed by atoms with van der Waals surface area (Å²) in [5, 5.41) is 5.20. The maximum atomic E-state index is 13.7. The number of benzene rings is 3. The van der Waals surface area contributed by atoms with Crippen molar-refractivity contribution >= 4 is 16.8 Å². The molecule has 4 aromatic rings. The highest BCUT2D eigenvalue weighted by Crippen LogP contribution is 2.35. The highest BCUT2D eigenvalue weighted by atomic mass is 19.2. The monoisotopic (exact) mass is 436 g/mol. The van der Waals surface area contributed by atoms with Crippen molar-refractivity contribution in [3.05, 3.63) is 71.8 Å². The molecule has 1 fully saturated rings. The Morgan fingerprint density at radius 3 is 2.50 bits per heavy atom. The van der Waals surface area contributed by atoms with Gasteiger partial charge in [-0.15, -0.1) is 0 Å². The molecule has 0 saturated heterocycles. The van der Waals surface area contributed by atoms with Crippen LogP contribution in [0, 0.1) is 11.6 Å². The van der Waals surface area contributed by atoms with Gasteiger partial charge >= 0.3 is 0 Å². The lowest BCUT2D eigenvalue weighted by Crippen LogP contribution is -2.19.